The molecule has 0 radical (unpaired) electrons. The number of carbonyl (C=O) groups is 1. The lowest BCUT2D eigenvalue weighted by Crippen LogP contribution is -2.27. The molecule has 0 aliphatic carbocycles. The van der Waals surface area contributed by atoms with Gasteiger partial charge in [-0.05, 0) is 35.0 Å². The van der Waals surface area contributed by atoms with Crippen LogP contribution in [0, 0.1) is 0 Å². The number of hydrogen-bond acceptors (Lipinski definition) is 5. The molecule has 1 aliphatic rings. The molecule has 0 saturated carbocycles. The minimum atomic E-state index is -0.385. The number of thiol groups is 1. The monoisotopic (exact) mass is 378 g/mol. The van der Waals surface area contributed by atoms with E-state index in [4.69, 9.17) is 17.6 Å². The first-order chi connectivity index (χ1) is 10.5. The fourth-order valence-corrected chi connectivity index (χ4v) is 3.10. The highest BCUT2D eigenvalue weighted by Gasteiger charge is 2.40. The van der Waals surface area contributed by atoms with Gasteiger partial charge in [-0.15, -0.1) is 3.89 Å². The Balaban J connectivity index is 2.17. The number of carbonyl (C=O) groups excluding carboxylic acids is 1. The second-order valence-electron chi connectivity index (χ2n) is 4.92. The van der Waals surface area contributed by atoms with Crippen LogP contribution < -0.4 is 3.89 Å². The van der Waals surface area contributed by atoms with Gasteiger partial charge in [-0.1, -0.05) is 0 Å². The maximum absolute atomic E-state index is 11.8. The summed E-state index contributed by atoms with van der Waals surface area (Å²) in [5.41, 5.74) is 3.35. The Morgan fingerprint density at radius 2 is 2.00 bits per heavy atom. The van der Waals surface area contributed by atoms with Crippen LogP contribution >= 0.6 is 28.7 Å². The molecule has 1 unspecified atom stereocenters. The first kappa shape index (κ1) is 15.2. The standard InChI is InChI=1S/C15H13BrN3O2S/c1-9-8-19(22,15-17-6-11(16)7-18-15)13-5-10(14(20)21-2)3-4-12(9)13/h3-8,22H,1-2H3/q+1. The quantitative estimate of drug-likeness (QED) is 0.489. The minimum absolute atomic E-state index is 0.0132. The fraction of sp³-hybridized carbons (Fsp3) is 0.133. The van der Waals surface area contributed by atoms with Crippen molar-refractivity contribution >= 4 is 51.9 Å². The lowest BCUT2D eigenvalue weighted by atomic mass is 10.1. The number of fused-ring (bicyclic) bond motifs is 1. The van der Waals surface area contributed by atoms with Gasteiger partial charge in [-0.25, -0.2) is 4.79 Å². The zero-order chi connectivity index (χ0) is 15.9. The van der Waals surface area contributed by atoms with E-state index >= 15 is 0 Å². The van der Waals surface area contributed by atoms with E-state index in [9.17, 15) is 4.79 Å². The van der Waals surface area contributed by atoms with Gasteiger partial charge in [0, 0.05) is 17.2 Å². The third-order valence-electron chi connectivity index (χ3n) is 3.50. The minimum Gasteiger partial charge on any atom is -0.465 e. The van der Waals surface area contributed by atoms with Crippen molar-refractivity contribution in [3.8, 4) is 0 Å². The lowest BCUT2D eigenvalue weighted by Gasteiger charge is -2.21. The van der Waals surface area contributed by atoms with Gasteiger partial charge in [0.2, 0.25) is 0 Å². The van der Waals surface area contributed by atoms with E-state index in [-0.39, 0.29) is 9.86 Å². The van der Waals surface area contributed by atoms with Crippen molar-refractivity contribution in [1.29, 1.82) is 0 Å². The summed E-state index contributed by atoms with van der Waals surface area (Å²) in [5.74, 6) is 0.121. The maximum atomic E-state index is 11.8. The van der Waals surface area contributed by atoms with Crippen molar-refractivity contribution in [3.63, 3.8) is 0 Å². The molecule has 22 heavy (non-hydrogen) atoms. The fourth-order valence-electron chi connectivity index (χ4n) is 2.46. The van der Waals surface area contributed by atoms with E-state index in [0.29, 0.717) is 11.5 Å². The normalized spacial score (nSPS) is 19.5. The van der Waals surface area contributed by atoms with E-state index in [0.717, 1.165) is 21.3 Å². The van der Waals surface area contributed by atoms with Gasteiger partial charge in [0.15, 0.2) is 5.69 Å². The van der Waals surface area contributed by atoms with Gasteiger partial charge in [-0.3, -0.25) is 0 Å². The first-order valence-electron chi connectivity index (χ1n) is 6.48. The first-order valence-corrected chi connectivity index (χ1v) is 7.67. The van der Waals surface area contributed by atoms with Crippen LogP contribution in [0.15, 0.2) is 41.3 Å². The number of quaternary nitrogens is 1. The van der Waals surface area contributed by atoms with Crippen molar-refractivity contribution in [1.82, 2.24) is 13.9 Å². The summed E-state index contributed by atoms with van der Waals surface area (Å²) in [5, 5.41) is 0. The van der Waals surface area contributed by atoms with E-state index in [1.54, 1.807) is 24.5 Å². The number of benzene rings is 1. The highest BCUT2D eigenvalue weighted by atomic mass is 79.9. The molecule has 1 aromatic heterocycles. The van der Waals surface area contributed by atoms with Crippen LogP contribution in [0.25, 0.3) is 5.57 Å². The van der Waals surface area contributed by atoms with Crippen LogP contribution in [-0.4, -0.2) is 23.0 Å². The Morgan fingerprint density at radius 1 is 1.32 bits per heavy atom. The van der Waals surface area contributed by atoms with Gasteiger partial charge in [0.25, 0.3) is 0 Å². The van der Waals surface area contributed by atoms with Crippen molar-refractivity contribution in [3.05, 3.63) is 52.4 Å². The van der Waals surface area contributed by atoms with Gasteiger partial charge in [0.05, 0.1) is 42.4 Å². The molecular formula is C15H13BrN3O2S+. The predicted octanol–water partition coefficient (Wildman–Crippen LogP) is 3.88. The molecule has 5 nitrogen and oxygen atoms in total. The second-order valence-corrected chi connectivity index (χ2v) is 6.47. The van der Waals surface area contributed by atoms with Crippen LogP contribution in [0.4, 0.5) is 11.6 Å². The number of esters is 1. The highest BCUT2D eigenvalue weighted by molar-refractivity contribution is 9.10. The largest absolute Gasteiger partial charge is 0.465 e. The van der Waals surface area contributed by atoms with E-state index in [2.05, 4.69) is 25.9 Å². The summed E-state index contributed by atoms with van der Waals surface area (Å²) in [4.78, 5) is 20.5. The molecule has 0 N–H and O–H groups in total. The highest BCUT2D eigenvalue weighted by Crippen LogP contribution is 2.47. The van der Waals surface area contributed by atoms with Crippen LogP contribution in [0.3, 0.4) is 0 Å². The van der Waals surface area contributed by atoms with E-state index in [1.807, 2.05) is 19.2 Å². The summed E-state index contributed by atoms with van der Waals surface area (Å²) in [6.07, 6.45) is 5.28. The summed E-state index contributed by atoms with van der Waals surface area (Å²) < 4.78 is 5.59. The second kappa shape index (κ2) is 5.49. The van der Waals surface area contributed by atoms with Gasteiger partial charge in [-0.2, -0.15) is 9.97 Å². The Morgan fingerprint density at radius 3 is 2.64 bits per heavy atom. The number of hydrogen-bond donors (Lipinski definition) is 1. The molecule has 2 heterocycles. The third kappa shape index (κ3) is 2.35. The number of rotatable bonds is 2. The van der Waals surface area contributed by atoms with Crippen molar-refractivity contribution < 1.29 is 9.53 Å². The molecule has 0 spiro atoms. The van der Waals surface area contributed by atoms with E-state index in [1.165, 1.54) is 7.11 Å². The predicted molar refractivity (Wildman–Crippen MR) is 91.6 cm³/mol. The number of methoxy groups -OCH3 is 1. The molecule has 0 saturated heterocycles. The number of nitrogens with zero attached hydrogens (tertiary/aromatic N) is 3. The summed E-state index contributed by atoms with van der Waals surface area (Å²) in [6, 6.07) is 5.41. The number of ether oxygens (including phenoxy) is 1. The topological polar surface area (TPSA) is 52.1 Å². The smallest absolute Gasteiger partial charge is 0.350 e. The molecule has 1 atom stereocenters. The van der Waals surface area contributed by atoms with Gasteiger partial charge >= 0.3 is 11.9 Å². The molecule has 2 aromatic rings. The average molecular weight is 379 g/mol. The summed E-state index contributed by atoms with van der Waals surface area (Å²) in [6.45, 7) is 1.99. The van der Waals surface area contributed by atoms with Crippen LogP contribution in [0.1, 0.15) is 22.8 Å². The van der Waals surface area contributed by atoms with Gasteiger partial charge in [0.1, 0.15) is 6.20 Å². The molecule has 1 aliphatic heterocycles. The molecule has 7 heteroatoms. The number of aromatic nitrogens is 2. The van der Waals surface area contributed by atoms with Crippen molar-refractivity contribution in [2.24, 2.45) is 0 Å². The number of allylic oxidation sites excluding steroid dienone is 1. The molecule has 112 valence electrons. The summed E-state index contributed by atoms with van der Waals surface area (Å²) >= 11 is 8.08. The SMILES string of the molecule is COC(=O)c1ccc2c(c1)[N+](S)(c1ncc(Br)cn1)C=C2C. The zero-order valence-electron chi connectivity index (χ0n) is 11.9. The Kier molecular flexibility index (Phi) is 3.80. The van der Waals surface area contributed by atoms with Crippen LogP contribution in [0.5, 0.6) is 0 Å². The summed E-state index contributed by atoms with van der Waals surface area (Å²) in [7, 11) is 1.36. The molecule has 0 fully saturated rings. The Bertz CT molecular complexity index is 792. The molecule has 3 rings (SSSR count). The molecule has 1 aromatic carbocycles. The lowest BCUT2D eigenvalue weighted by molar-refractivity contribution is 0.0600. The van der Waals surface area contributed by atoms with Crippen molar-refractivity contribution in [2.45, 2.75) is 6.92 Å². The third-order valence-corrected chi connectivity index (χ3v) is 4.42. The zero-order valence-corrected chi connectivity index (χ0v) is 14.4. The van der Waals surface area contributed by atoms with Gasteiger partial charge < -0.3 is 4.74 Å². The molecular weight excluding hydrogens is 366 g/mol. The van der Waals surface area contributed by atoms with Crippen molar-refractivity contribution in [2.75, 3.05) is 7.11 Å². The Labute approximate surface area is 141 Å². The Hall–Kier alpha value is -1.70. The molecule has 0 amide bonds. The molecule has 0 bridgehead atoms. The van der Waals surface area contributed by atoms with Crippen LogP contribution in [0.2, 0.25) is 0 Å². The van der Waals surface area contributed by atoms with Crippen LogP contribution in [-0.2, 0) is 4.74 Å². The average Bonchev–Trinajstić information content (AvgIpc) is 2.79. The maximum Gasteiger partial charge on any atom is 0.350 e. The number of halogens is 1. The van der Waals surface area contributed by atoms with E-state index < -0.39 is 0 Å².